The number of carbonyl (C=O) groups excluding carboxylic acids is 2. The van der Waals surface area contributed by atoms with E-state index in [2.05, 4.69) is 10.3 Å². The van der Waals surface area contributed by atoms with Gasteiger partial charge < -0.3 is 5.32 Å². The minimum Gasteiger partial charge on any atom is -0.324 e. The number of ketones is 1. The van der Waals surface area contributed by atoms with E-state index in [1.807, 2.05) is 17.0 Å². The quantitative estimate of drug-likeness (QED) is 0.625. The number of hydrogen-bond donors (Lipinski definition) is 1. The zero-order chi connectivity index (χ0) is 21.8. The molecular formula is C24H19ClFN3O2. The normalized spacial score (nSPS) is 24.9. The van der Waals surface area contributed by atoms with Crippen LogP contribution < -0.4 is 5.32 Å². The average Bonchev–Trinajstić information content (AvgIpc) is 3.24. The van der Waals surface area contributed by atoms with Gasteiger partial charge in [-0.05, 0) is 55.1 Å². The lowest BCUT2D eigenvalue weighted by molar-refractivity contribution is -0.126. The summed E-state index contributed by atoms with van der Waals surface area (Å²) in [5.74, 6) is -2.05. The lowest BCUT2D eigenvalue weighted by Crippen LogP contribution is -2.51. The first-order chi connectivity index (χ1) is 14.9. The Labute approximate surface area is 183 Å². The summed E-state index contributed by atoms with van der Waals surface area (Å²) in [6, 6.07) is 14.9. The number of likely N-dealkylation sites (tertiary alicyclic amines) is 1. The van der Waals surface area contributed by atoms with Gasteiger partial charge in [-0.25, -0.2) is 4.39 Å². The van der Waals surface area contributed by atoms with Gasteiger partial charge in [0.25, 0.3) is 0 Å². The maximum atomic E-state index is 14.3. The topological polar surface area (TPSA) is 62.3 Å². The smallest absolute Gasteiger partial charge is 0.250 e. The highest BCUT2D eigenvalue weighted by molar-refractivity contribution is 6.30. The number of halogens is 2. The molecule has 3 heterocycles. The van der Waals surface area contributed by atoms with E-state index in [1.54, 1.807) is 43.6 Å². The zero-order valence-corrected chi connectivity index (χ0v) is 17.4. The molecule has 0 bridgehead atoms. The first-order valence-corrected chi connectivity index (χ1v) is 10.3. The molecule has 31 heavy (non-hydrogen) atoms. The van der Waals surface area contributed by atoms with E-state index in [9.17, 15) is 14.0 Å². The molecule has 2 aliphatic heterocycles. The number of likely N-dealkylation sites (N-methyl/N-ethyl adjacent to an activating group) is 1. The Balaban J connectivity index is 1.74. The molecule has 0 aliphatic carbocycles. The van der Waals surface area contributed by atoms with Crippen molar-refractivity contribution >= 4 is 29.0 Å². The number of nitrogens with zero attached hydrogens (tertiary/aromatic N) is 2. The number of aromatic nitrogens is 1. The van der Waals surface area contributed by atoms with Crippen LogP contribution in [-0.4, -0.2) is 35.2 Å². The molecule has 5 rings (SSSR count). The molecule has 3 atom stereocenters. The van der Waals surface area contributed by atoms with E-state index in [0.717, 1.165) is 5.56 Å². The van der Waals surface area contributed by atoms with E-state index < -0.39 is 17.3 Å². The van der Waals surface area contributed by atoms with Crippen LogP contribution in [0.3, 0.4) is 0 Å². The van der Waals surface area contributed by atoms with Crippen LogP contribution in [-0.2, 0) is 10.3 Å². The van der Waals surface area contributed by atoms with Crippen molar-refractivity contribution in [2.75, 3.05) is 18.9 Å². The highest BCUT2D eigenvalue weighted by Crippen LogP contribution is 2.55. The number of amides is 1. The van der Waals surface area contributed by atoms with Gasteiger partial charge in [-0.3, -0.25) is 19.5 Å². The molecule has 1 amide bonds. The van der Waals surface area contributed by atoms with Crippen LogP contribution in [0.4, 0.5) is 10.1 Å². The van der Waals surface area contributed by atoms with Crippen LogP contribution in [0.1, 0.15) is 27.4 Å². The minimum absolute atomic E-state index is 0.204. The average molecular weight is 436 g/mol. The molecule has 5 nitrogen and oxygen atoms in total. The molecule has 1 spiro atoms. The largest absolute Gasteiger partial charge is 0.324 e. The lowest BCUT2D eigenvalue weighted by atomic mass is 9.70. The van der Waals surface area contributed by atoms with E-state index in [1.165, 1.54) is 18.3 Å². The van der Waals surface area contributed by atoms with Crippen molar-refractivity contribution in [1.29, 1.82) is 0 Å². The third-order valence-corrected chi connectivity index (χ3v) is 6.69. The highest BCUT2D eigenvalue weighted by Gasteiger charge is 2.64. The van der Waals surface area contributed by atoms with Gasteiger partial charge in [-0.1, -0.05) is 23.7 Å². The predicted molar refractivity (Wildman–Crippen MR) is 116 cm³/mol. The van der Waals surface area contributed by atoms with Crippen LogP contribution in [0, 0.1) is 11.7 Å². The van der Waals surface area contributed by atoms with Crippen LogP contribution in [0.2, 0.25) is 5.02 Å². The summed E-state index contributed by atoms with van der Waals surface area (Å²) in [5, 5.41) is 3.46. The first-order valence-electron chi connectivity index (χ1n) is 9.95. The van der Waals surface area contributed by atoms with Gasteiger partial charge in [0, 0.05) is 46.7 Å². The molecule has 1 fully saturated rings. The SMILES string of the molecule is CN1C[C@H](c2ccc(Cl)cc2)[C@@H](C(=O)c2cccnc2)[C@]12C(=O)Nc1ccc(F)cc12. The van der Waals surface area contributed by atoms with Crippen molar-refractivity contribution in [1.82, 2.24) is 9.88 Å². The van der Waals surface area contributed by atoms with Gasteiger partial charge in [0.2, 0.25) is 5.91 Å². The van der Waals surface area contributed by atoms with Gasteiger partial charge >= 0.3 is 0 Å². The van der Waals surface area contributed by atoms with Crippen molar-refractivity contribution in [2.24, 2.45) is 5.92 Å². The fourth-order valence-corrected chi connectivity index (χ4v) is 5.24. The van der Waals surface area contributed by atoms with Gasteiger partial charge in [0.1, 0.15) is 11.4 Å². The Morgan fingerprint density at radius 1 is 1.23 bits per heavy atom. The number of hydrogen-bond acceptors (Lipinski definition) is 4. The molecule has 2 aromatic carbocycles. The third-order valence-electron chi connectivity index (χ3n) is 6.44. The molecule has 0 saturated carbocycles. The second-order valence-electron chi connectivity index (χ2n) is 8.03. The fraction of sp³-hybridized carbons (Fsp3) is 0.208. The summed E-state index contributed by atoms with van der Waals surface area (Å²) in [6.45, 7) is 0.446. The second kappa shape index (κ2) is 7.25. The monoisotopic (exact) mass is 435 g/mol. The maximum Gasteiger partial charge on any atom is 0.250 e. The Morgan fingerprint density at radius 2 is 2.00 bits per heavy atom. The van der Waals surface area contributed by atoms with Crippen LogP contribution in [0.5, 0.6) is 0 Å². The molecule has 1 saturated heterocycles. The molecule has 1 aromatic heterocycles. The van der Waals surface area contributed by atoms with Crippen molar-refractivity contribution in [3.63, 3.8) is 0 Å². The molecule has 0 radical (unpaired) electrons. The van der Waals surface area contributed by atoms with Crippen LogP contribution in [0.25, 0.3) is 0 Å². The molecule has 1 N–H and O–H groups in total. The third kappa shape index (κ3) is 2.90. The van der Waals surface area contributed by atoms with Crippen LogP contribution in [0.15, 0.2) is 67.0 Å². The van der Waals surface area contributed by atoms with E-state index >= 15 is 0 Å². The van der Waals surface area contributed by atoms with Crippen molar-refractivity contribution in [2.45, 2.75) is 11.5 Å². The number of pyridine rings is 1. The summed E-state index contributed by atoms with van der Waals surface area (Å²) in [7, 11) is 1.80. The van der Waals surface area contributed by atoms with Crippen molar-refractivity contribution in [3.05, 3.63) is 94.5 Å². The fourth-order valence-electron chi connectivity index (χ4n) is 5.11. The van der Waals surface area contributed by atoms with Gasteiger partial charge in [0.15, 0.2) is 5.78 Å². The molecule has 3 aromatic rings. The molecule has 156 valence electrons. The second-order valence-corrected chi connectivity index (χ2v) is 8.47. The summed E-state index contributed by atoms with van der Waals surface area (Å²) in [5.41, 5.74) is 0.999. The molecule has 0 unspecified atom stereocenters. The number of rotatable bonds is 3. The summed E-state index contributed by atoms with van der Waals surface area (Å²) >= 11 is 6.08. The van der Waals surface area contributed by atoms with Gasteiger partial charge in [0.05, 0.1) is 5.92 Å². The summed E-state index contributed by atoms with van der Waals surface area (Å²) in [6.07, 6.45) is 3.10. The van der Waals surface area contributed by atoms with Gasteiger partial charge in [-0.15, -0.1) is 0 Å². The van der Waals surface area contributed by atoms with Crippen molar-refractivity contribution < 1.29 is 14.0 Å². The molecule has 7 heteroatoms. The minimum atomic E-state index is -1.32. The number of Topliss-reactive ketones (excluding diaryl/α,β-unsaturated/α-hetero) is 1. The number of carbonyl (C=O) groups is 2. The first kappa shape index (κ1) is 19.8. The predicted octanol–water partition coefficient (Wildman–Crippen LogP) is 4.25. The summed E-state index contributed by atoms with van der Waals surface area (Å²) in [4.78, 5) is 33.3. The number of fused-ring (bicyclic) bond motifs is 2. The van der Waals surface area contributed by atoms with E-state index in [-0.39, 0.29) is 17.6 Å². The van der Waals surface area contributed by atoms with E-state index in [4.69, 9.17) is 11.6 Å². The molecule has 2 aliphatic rings. The number of anilines is 1. The van der Waals surface area contributed by atoms with Crippen molar-refractivity contribution in [3.8, 4) is 0 Å². The number of nitrogens with one attached hydrogen (secondary N) is 1. The van der Waals surface area contributed by atoms with Crippen LogP contribution >= 0.6 is 11.6 Å². The maximum absolute atomic E-state index is 14.3. The Hall–Kier alpha value is -3.09. The lowest BCUT2D eigenvalue weighted by Gasteiger charge is -2.35. The van der Waals surface area contributed by atoms with E-state index in [0.29, 0.717) is 28.4 Å². The Morgan fingerprint density at radius 3 is 2.71 bits per heavy atom. The molecular weight excluding hydrogens is 417 g/mol. The number of benzene rings is 2. The Bertz CT molecular complexity index is 1190. The zero-order valence-electron chi connectivity index (χ0n) is 16.7. The summed E-state index contributed by atoms with van der Waals surface area (Å²) < 4.78 is 14.3. The standard InChI is InChI=1S/C24H19ClFN3O2/c1-29-13-18(14-4-6-16(25)7-5-14)21(22(30)15-3-2-10-27-12-15)24(29)19-11-17(26)8-9-20(19)28-23(24)31/h2-12,18,21H,13H2,1H3,(H,28,31)/t18-,21+,24-/m1/s1. The Kier molecular flexibility index (Phi) is 4.64. The van der Waals surface area contributed by atoms with Gasteiger partial charge in [-0.2, -0.15) is 0 Å². The highest BCUT2D eigenvalue weighted by atomic mass is 35.5.